The van der Waals surface area contributed by atoms with Crippen LogP contribution in [0.3, 0.4) is 0 Å². The van der Waals surface area contributed by atoms with E-state index in [2.05, 4.69) is 5.32 Å². The van der Waals surface area contributed by atoms with Crippen molar-refractivity contribution in [2.24, 2.45) is 5.73 Å². The van der Waals surface area contributed by atoms with Gasteiger partial charge in [0.15, 0.2) is 11.5 Å². The number of rotatable bonds is 6. The largest absolute Gasteiger partial charge is 0.486 e. The number of carboxylic acid groups (broad SMARTS) is 1. The number of hydrogen-bond donors (Lipinski definition) is 3. The Bertz CT molecular complexity index is 532. The van der Waals surface area contributed by atoms with Crippen molar-refractivity contribution >= 4 is 11.9 Å². The number of aliphatic carboxylic acids is 1. The van der Waals surface area contributed by atoms with Gasteiger partial charge in [0, 0.05) is 6.54 Å². The van der Waals surface area contributed by atoms with Crippen molar-refractivity contribution in [1.29, 1.82) is 0 Å². The van der Waals surface area contributed by atoms with Crippen LogP contribution in [0.4, 0.5) is 0 Å². The molecule has 0 saturated carbocycles. The molecule has 4 N–H and O–H groups in total. The first-order valence-electron chi connectivity index (χ1n) is 6.70. The Morgan fingerprint density at radius 3 is 2.71 bits per heavy atom. The molecule has 1 aromatic carbocycles. The van der Waals surface area contributed by atoms with Crippen molar-refractivity contribution in [2.75, 3.05) is 19.8 Å². The van der Waals surface area contributed by atoms with Crippen molar-refractivity contribution in [1.82, 2.24) is 5.32 Å². The molecular weight excluding hydrogens is 276 g/mol. The molecule has 21 heavy (non-hydrogen) atoms. The molecule has 0 bridgehead atoms. The van der Waals surface area contributed by atoms with Crippen LogP contribution in [0.15, 0.2) is 18.2 Å². The average Bonchev–Trinajstić information content (AvgIpc) is 2.46. The second-order valence-electron chi connectivity index (χ2n) is 4.72. The van der Waals surface area contributed by atoms with E-state index in [9.17, 15) is 9.59 Å². The van der Waals surface area contributed by atoms with Gasteiger partial charge >= 0.3 is 5.97 Å². The van der Waals surface area contributed by atoms with Crippen LogP contribution in [0.5, 0.6) is 11.5 Å². The molecule has 1 aliphatic rings. The van der Waals surface area contributed by atoms with E-state index in [1.54, 1.807) is 0 Å². The maximum atomic E-state index is 11.6. The number of fused-ring (bicyclic) bond motifs is 1. The summed E-state index contributed by atoms with van der Waals surface area (Å²) in [6.07, 6.45) is 0.220. The lowest BCUT2D eigenvalue weighted by Gasteiger charge is -2.19. The Hall–Kier alpha value is -2.28. The maximum Gasteiger partial charge on any atom is 0.305 e. The highest BCUT2D eigenvalue weighted by molar-refractivity contribution is 5.85. The lowest BCUT2D eigenvalue weighted by Crippen LogP contribution is -2.42. The first-order chi connectivity index (χ1) is 10.1. The lowest BCUT2D eigenvalue weighted by molar-refractivity contribution is -0.139. The van der Waals surface area contributed by atoms with Crippen LogP contribution in [0.1, 0.15) is 12.0 Å². The molecule has 7 heteroatoms. The van der Waals surface area contributed by atoms with Gasteiger partial charge in [-0.15, -0.1) is 0 Å². The number of benzene rings is 1. The SMILES string of the molecule is NC(CC(=O)O)C(=O)NCCc1ccc2c(c1)OCCO2. The van der Waals surface area contributed by atoms with Gasteiger partial charge in [-0.2, -0.15) is 0 Å². The highest BCUT2D eigenvalue weighted by Crippen LogP contribution is 2.30. The molecule has 1 aromatic rings. The van der Waals surface area contributed by atoms with E-state index in [1.165, 1.54) is 0 Å². The van der Waals surface area contributed by atoms with Crippen molar-refractivity contribution in [2.45, 2.75) is 18.9 Å². The summed E-state index contributed by atoms with van der Waals surface area (Å²) in [5, 5.41) is 11.2. The Morgan fingerprint density at radius 1 is 1.29 bits per heavy atom. The predicted molar refractivity (Wildman–Crippen MR) is 74.4 cm³/mol. The molecule has 114 valence electrons. The number of carbonyl (C=O) groups is 2. The van der Waals surface area contributed by atoms with E-state index in [1.807, 2.05) is 18.2 Å². The van der Waals surface area contributed by atoms with Gasteiger partial charge in [-0.3, -0.25) is 9.59 Å². The second kappa shape index (κ2) is 6.94. The van der Waals surface area contributed by atoms with Crippen LogP contribution in [0, 0.1) is 0 Å². The first-order valence-corrected chi connectivity index (χ1v) is 6.70. The van der Waals surface area contributed by atoms with E-state index in [0.717, 1.165) is 11.3 Å². The van der Waals surface area contributed by atoms with Gasteiger partial charge in [-0.25, -0.2) is 0 Å². The number of amides is 1. The predicted octanol–water partition coefficient (Wildman–Crippen LogP) is -0.0815. The molecule has 0 aromatic heterocycles. The third-order valence-corrected chi connectivity index (χ3v) is 3.05. The van der Waals surface area contributed by atoms with Crippen LogP contribution in [-0.4, -0.2) is 42.8 Å². The summed E-state index contributed by atoms with van der Waals surface area (Å²) < 4.78 is 10.9. The standard InChI is InChI=1S/C14H18N2O5/c15-10(8-13(17)18)14(19)16-4-3-9-1-2-11-12(7-9)21-6-5-20-11/h1-2,7,10H,3-6,8,15H2,(H,16,19)(H,17,18). The van der Waals surface area contributed by atoms with Crippen LogP contribution in [0.25, 0.3) is 0 Å². The molecule has 1 unspecified atom stereocenters. The van der Waals surface area contributed by atoms with Crippen molar-refractivity contribution in [3.63, 3.8) is 0 Å². The molecule has 1 atom stereocenters. The molecule has 7 nitrogen and oxygen atoms in total. The normalized spacial score (nSPS) is 14.3. The summed E-state index contributed by atoms with van der Waals surface area (Å²) >= 11 is 0. The summed E-state index contributed by atoms with van der Waals surface area (Å²) in [6, 6.07) is 4.58. The fourth-order valence-corrected chi connectivity index (χ4v) is 1.99. The minimum atomic E-state index is -1.09. The Balaban J connectivity index is 1.81. The molecule has 0 saturated heterocycles. The quantitative estimate of drug-likeness (QED) is 0.676. The third-order valence-electron chi connectivity index (χ3n) is 3.05. The zero-order valence-corrected chi connectivity index (χ0v) is 11.5. The highest BCUT2D eigenvalue weighted by atomic mass is 16.6. The fraction of sp³-hybridized carbons (Fsp3) is 0.429. The molecule has 0 radical (unpaired) electrons. The lowest BCUT2D eigenvalue weighted by atomic mass is 10.1. The number of carboxylic acids is 1. The van der Waals surface area contributed by atoms with Gasteiger partial charge in [-0.05, 0) is 24.1 Å². The molecule has 2 rings (SSSR count). The Labute approximate surface area is 122 Å². The fourth-order valence-electron chi connectivity index (χ4n) is 1.99. The summed E-state index contributed by atoms with van der Waals surface area (Å²) in [5.74, 6) is -0.135. The van der Waals surface area contributed by atoms with Gasteiger partial charge in [0.2, 0.25) is 5.91 Å². The van der Waals surface area contributed by atoms with E-state index in [4.69, 9.17) is 20.3 Å². The van der Waals surface area contributed by atoms with E-state index < -0.39 is 17.9 Å². The minimum Gasteiger partial charge on any atom is -0.486 e. The van der Waals surface area contributed by atoms with Gasteiger partial charge in [-0.1, -0.05) is 6.07 Å². The number of ether oxygens (including phenoxy) is 2. The summed E-state index contributed by atoms with van der Waals surface area (Å²) in [7, 11) is 0. The zero-order chi connectivity index (χ0) is 15.2. The molecule has 0 spiro atoms. The summed E-state index contributed by atoms with van der Waals surface area (Å²) in [6.45, 7) is 1.45. The van der Waals surface area contributed by atoms with Gasteiger partial charge < -0.3 is 25.6 Å². The Morgan fingerprint density at radius 2 is 2.00 bits per heavy atom. The van der Waals surface area contributed by atoms with Crippen LogP contribution < -0.4 is 20.5 Å². The van der Waals surface area contributed by atoms with Crippen LogP contribution >= 0.6 is 0 Å². The molecule has 1 heterocycles. The number of hydrogen-bond acceptors (Lipinski definition) is 5. The smallest absolute Gasteiger partial charge is 0.305 e. The van der Waals surface area contributed by atoms with Gasteiger partial charge in [0.25, 0.3) is 0 Å². The van der Waals surface area contributed by atoms with E-state index in [0.29, 0.717) is 31.9 Å². The number of nitrogens with two attached hydrogens (primary N) is 1. The number of nitrogens with one attached hydrogen (secondary N) is 1. The summed E-state index contributed by atoms with van der Waals surface area (Å²) in [5.41, 5.74) is 6.45. The van der Waals surface area contributed by atoms with Crippen molar-refractivity contribution in [3.8, 4) is 11.5 Å². The van der Waals surface area contributed by atoms with Gasteiger partial charge in [0.05, 0.1) is 12.5 Å². The molecule has 1 aliphatic heterocycles. The first kappa shape index (κ1) is 15.1. The molecule has 0 aliphatic carbocycles. The molecular formula is C14H18N2O5. The number of carbonyl (C=O) groups excluding carboxylic acids is 1. The van der Waals surface area contributed by atoms with Gasteiger partial charge in [0.1, 0.15) is 13.2 Å². The van der Waals surface area contributed by atoms with Crippen LogP contribution in [0.2, 0.25) is 0 Å². The molecule has 1 amide bonds. The van der Waals surface area contributed by atoms with Crippen molar-refractivity contribution < 1.29 is 24.2 Å². The Kier molecular flexibility index (Phi) is 4.99. The van der Waals surface area contributed by atoms with Crippen molar-refractivity contribution in [3.05, 3.63) is 23.8 Å². The highest BCUT2D eigenvalue weighted by Gasteiger charge is 2.16. The van der Waals surface area contributed by atoms with E-state index >= 15 is 0 Å². The minimum absolute atomic E-state index is 0.379. The summed E-state index contributed by atoms with van der Waals surface area (Å²) in [4.78, 5) is 22.0. The maximum absolute atomic E-state index is 11.6. The average molecular weight is 294 g/mol. The van der Waals surface area contributed by atoms with E-state index in [-0.39, 0.29) is 6.42 Å². The molecule has 0 fully saturated rings. The zero-order valence-electron chi connectivity index (χ0n) is 11.5. The topological polar surface area (TPSA) is 111 Å². The van der Waals surface area contributed by atoms with Crippen LogP contribution in [-0.2, 0) is 16.0 Å². The second-order valence-corrected chi connectivity index (χ2v) is 4.72. The third kappa shape index (κ3) is 4.35. The monoisotopic (exact) mass is 294 g/mol.